The summed E-state index contributed by atoms with van der Waals surface area (Å²) in [5.41, 5.74) is 1.54. The van der Waals surface area contributed by atoms with E-state index < -0.39 is 17.8 Å². The molecule has 0 aromatic heterocycles. The van der Waals surface area contributed by atoms with Crippen LogP contribution in [0.5, 0.6) is 0 Å². The molecule has 0 bridgehead atoms. The molecule has 6 heteroatoms. The van der Waals surface area contributed by atoms with Crippen LogP contribution >= 0.6 is 0 Å². The maximum Gasteiger partial charge on any atom is 0.419 e. The summed E-state index contributed by atoms with van der Waals surface area (Å²) in [5, 5.41) is 2.07. The molecule has 1 aromatic rings. The number of nitrogens with one attached hydrogen (secondary N) is 1. The smallest absolute Gasteiger partial charge is 0.419 e. The van der Waals surface area contributed by atoms with E-state index in [0.717, 1.165) is 0 Å². The summed E-state index contributed by atoms with van der Waals surface area (Å²) >= 11 is 0. The van der Waals surface area contributed by atoms with Gasteiger partial charge in [0.1, 0.15) is 0 Å². The highest BCUT2D eigenvalue weighted by Gasteiger charge is 2.49. The fourth-order valence-electron chi connectivity index (χ4n) is 1.52. The molecule has 0 heterocycles. The first-order valence-electron chi connectivity index (χ1n) is 5.73. The van der Waals surface area contributed by atoms with Crippen molar-refractivity contribution < 1.29 is 23.1 Å². The molecule has 0 aliphatic heterocycles. The number of benzene rings is 1. The van der Waals surface area contributed by atoms with E-state index in [1.807, 2.05) is 0 Å². The highest BCUT2D eigenvalue weighted by Crippen LogP contribution is 2.23. The molecule has 104 valence electrons. The monoisotopic (exact) mass is 271 g/mol. The minimum atomic E-state index is -4.20. The molecule has 0 fully saturated rings. The van der Waals surface area contributed by atoms with Crippen LogP contribution < -0.4 is 5.32 Å². The Bertz CT molecular complexity index is 480. The first-order chi connectivity index (χ1) is 8.80. The van der Waals surface area contributed by atoms with E-state index in [2.05, 4.69) is 10.1 Å². The summed E-state index contributed by atoms with van der Waals surface area (Å²) in [6.45, 7) is 4.51. The zero-order valence-electron chi connectivity index (χ0n) is 10.9. The Kier molecular flexibility index (Phi) is 4.58. The highest BCUT2D eigenvalue weighted by molar-refractivity contribution is 6.10. The van der Waals surface area contributed by atoms with Crippen LogP contribution in [0.15, 0.2) is 18.2 Å². The lowest BCUT2D eigenvalue weighted by molar-refractivity contribution is -0.175. The normalized spacial score (nSPS) is 11.0. The summed E-state index contributed by atoms with van der Waals surface area (Å²) in [4.78, 5) is 22.5. The number of amides is 1. The van der Waals surface area contributed by atoms with Crippen LogP contribution in [0.25, 0.3) is 0 Å². The van der Waals surface area contributed by atoms with Crippen molar-refractivity contribution in [3.8, 4) is 0 Å². The van der Waals surface area contributed by atoms with Crippen LogP contribution in [0, 0.1) is 13.8 Å². The van der Waals surface area contributed by atoms with Crippen molar-refractivity contribution in [1.29, 1.82) is 0 Å². The predicted octanol–water partition coefficient (Wildman–Crippen LogP) is 2.44. The Balaban J connectivity index is 2.93. The van der Waals surface area contributed by atoms with E-state index in [9.17, 15) is 18.4 Å². The van der Waals surface area contributed by atoms with Crippen molar-refractivity contribution in [1.82, 2.24) is 0 Å². The topological polar surface area (TPSA) is 55.4 Å². The lowest BCUT2D eigenvalue weighted by Crippen LogP contribution is -2.43. The van der Waals surface area contributed by atoms with E-state index in [1.54, 1.807) is 32.0 Å². The third-order valence-corrected chi connectivity index (χ3v) is 2.54. The quantitative estimate of drug-likeness (QED) is 0.676. The second kappa shape index (κ2) is 5.77. The molecular formula is C13H15F2NO3. The summed E-state index contributed by atoms with van der Waals surface area (Å²) in [5.74, 6) is -7.74. The standard InChI is InChI=1S/C13H15F2NO3/c1-4-19-12(18)13(14,15)11(17)16-10-8(2)6-5-7-9(10)3/h5-7H,4H2,1-3H3,(H,16,17). The number of hydrogen-bond acceptors (Lipinski definition) is 3. The minimum Gasteiger partial charge on any atom is -0.461 e. The Morgan fingerprint density at radius 3 is 2.26 bits per heavy atom. The zero-order valence-corrected chi connectivity index (χ0v) is 10.9. The molecule has 0 aliphatic rings. The van der Waals surface area contributed by atoms with Gasteiger partial charge in [-0.05, 0) is 31.9 Å². The second-order valence-corrected chi connectivity index (χ2v) is 4.02. The first-order valence-corrected chi connectivity index (χ1v) is 5.73. The molecule has 0 saturated carbocycles. The van der Waals surface area contributed by atoms with E-state index in [1.165, 1.54) is 6.92 Å². The molecule has 0 radical (unpaired) electrons. The van der Waals surface area contributed by atoms with Crippen LogP contribution in [0.3, 0.4) is 0 Å². The van der Waals surface area contributed by atoms with Gasteiger partial charge in [-0.15, -0.1) is 0 Å². The SMILES string of the molecule is CCOC(=O)C(F)(F)C(=O)Nc1c(C)cccc1C. The van der Waals surface area contributed by atoms with Crippen molar-refractivity contribution in [3.05, 3.63) is 29.3 Å². The van der Waals surface area contributed by atoms with Gasteiger partial charge in [0, 0.05) is 5.69 Å². The van der Waals surface area contributed by atoms with Crippen LogP contribution in [-0.4, -0.2) is 24.4 Å². The fourth-order valence-corrected chi connectivity index (χ4v) is 1.52. The van der Waals surface area contributed by atoms with Crippen LogP contribution in [-0.2, 0) is 14.3 Å². The molecule has 19 heavy (non-hydrogen) atoms. The highest BCUT2D eigenvalue weighted by atomic mass is 19.3. The van der Waals surface area contributed by atoms with Crippen LogP contribution in [0.1, 0.15) is 18.1 Å². The molecule has 0 unspecified atom stereocenters. The third kappa shape index (κ3) is 3.27. The van der Waals surface area contributed by atoms with Crippen molar-refractivity contribution in [2.75, 3.05) is 11.9 Å². The molecule has 1 rings (SSSR count). The number of alkyl halides is 2. The van der Waals surface area contributed by atoms with Gasteiger partial charge < -0.3 is 10.1 Å². The Labute approximate surface area is 109 Å². The predicted molar refractivity (Wildman–Crippen MR) is 66.1 cm³/mol. The number of esters is 1. The number of halogens is 2. The zero-order chi connectivity index (χ0) is 14.6. The maximum atomic E-state index is 13.5. The maximum absolute atomic E-state index is 13.5. The van der Waals surface area contributed by atoms with Gasteiger partial charge in [-0.1, -0.05) is 18.2 Å². The molecule has 0 atom stereocenters. The van der Waals surface area contributed by atoms with E-state index >= 15 is 0 Å². The number of anilines is 1. The van der Waals surface area contributed by atoms with Gasteiger partial charge in [0.25, 0.3) is 0 Å². The number of rotatable bonds is 4. The molecule has 1 N–H and O–H groups in total. The van der Waals surface area contributed by atoms with E-state index in [0.29, 0.717) is 11.1 Å². The number of carbonyl (C=O) groups excluding carboxylic acids is 2. The van der Waals surface area contributed by atoms with Gasteiger partial charge in [-0.3, -0.25) is 4.79 Å². The summed E-state index contributed by atoms with van der Waals surface area (Å²) in [6.07, 6.45) is 0. The van der Waals surface area contributed by atoms with Crippen molar-refractivity contribution >= 4 is 17.6 Å². The number of para-hydroxylation sites is 1. The van der Waals surface area contributed by atoms with Gasteiger partial charge in [0.05, 0.1) is 6.61 Å². The third-order valence-electron chi connectivity index (χ3n) is 2.54. The summed E-state index contributed by atoms with van der Waals surface area (Å²) in [6, 6.07) is 5.08. The van der Waals surface area contributed by atoms with Gasteiger partial charge in [0.2, 0.25) is 0 Å². The number of aryl methyl sites for hydroxylation is 2. The molecule has 0 spiro atoms. The summed E-state index contributed by atoms with van der Waals surface area (Å²) in [7, 11) is 0. The lowest BCUT2D eigenvalue weighted by Gasteiger charge is -2.16. The molecule has 1 aromatic carbocycles. The lowest BCUT2D eigenvalue weighted by atomic mass is 10.1. The molecule has 1 amide bonds. The second-order valence-electron chi connectivity index (χ2n) is 4.02. The van der Waals surface area contributed by atoms with Gasteiger partial charge >= 0.3 is 17.8 Å². The number of carbonyl (C=O) groups is 2. The van der Waals surface area contributed by atoms with Gasteiger partial charge in [-0.2, -0.15) is 8.78 Å². The van der Waals surface area contributed by atoms with Crippen molar-refractivity contribution in [2.45, 2.75) is 26.7 Å². The molecule has 4 nitrogen and oxygen atoms in total. The number of hydrogen-bond donors (Lipinski definition) is 1. The molecular weight excluding hydrogens is 256 g/mol. The Morgan fingerprint density at radius 2 is 1.79 bits per heavy atom. The molecule has 0 aliphatic carbocycles. The van der Waals surface area contributed by atoms with E-state index in [4.69, 9.17) is 0 Å². The molecule has 0 saturated heterocycles. The van der Waals surface area contributed by atoms with Crippen molar-refractivity contribution in [3.63, 3.8) is 0 Å². The van der Waals surface area contributed by atoms with Gasteiger partial charge in [0.15, 0.2) is 0 Å². The van der Waals surface area contributed by atoms with Gasteiger partial charge in [-0.25, -0.2) is 4.79 Å². The average Bonchev–Trinajstić information content (AvgIpc) is 2.34. The number of ether oxygens (including phenoxy) is 1. The minimum absolute atomic E-state index is 0.217. The average molecular weight is 271 g/mol. The summed E-state index contributed by atoms with van der Waals surface area (Å²) < 4.78 is 31.1. The van der Waals surface area contributed by atoms with Crippen LogP contribution in [0.4, 0.5) is 14.5 Å². The largest absolute Gasteiger partial charge is 0.461 e. The van der Waals surface area contributed by atoms with E-state index in [-0.39, 0.29) is 12.3 Å². The van der Waals surface area contributed by atoms with Crippen LogP contribution in [0.2, 0.25) is 0 Å². The fraction of sp³-hybridized carbons (Fsp3) is 0.385. The van der Waals surface area contributed by atoms with Crippen molar-refractivity contribution in [2.24, 2.45) is 0 Å². The Hall–Kier alpha value is -1.98. The first kappa shape index (κ1) is 15.1. The Morgan fingerprint density at radius 1 is 1.26 bits per heavy atom.